The van der Waals surface area contributed by atoms with E-state index in [2.05, 4.69) is 35.9 Å². The second-order valence-electron chi connectivity index (χ2n) is 9.23. The SMILES string of the molecule is C=C1C(=O)N1c1ccc(Cc2ccnc3cc(CCC4CCNCC4)c(CC)cc23)c(F)c1. The molecule has 3 heterocycles. The molecule has 2 aliphatic rings. The maximum atomic E-state index is 14.9. The molecule has 0 aliphatic carbocycles. The summed E-state index contributed by atoms with van der Waals surface area (Å²) in [6, 6.07) is 11.5. The Kier molecular flexibility index (Phi) is 5.98. The predicted octanol–water partition coefficient (Wildman–Crippen LogP) is 5.32. The van der Waals surface area contributed by atoms with E-state index >= 15 is 0 Å². The summed E-state index contributed by atoms with van der Waals surface area (Å²) < 4.78 is 14.9. The minimum Gasteiger partial charge on any atom is -0.317 e. The molecule has 3 aromatic rings. The van der Waals surface area contributed by atoms with Gasteiger partial charge in [0.15, 0.2) is 0 Å². The number of anilines is 1. The first-order chi connectivity index (χ1) is 16.0. The number of carbonyl (C=O) groups excluding carboxylic acids is 1. The number of aryl methyl sites for hydroxylation is 2. The molecule has 0 spiro atoms. The monoisotopic (exact) mass is 443 g/mol. The van der Waals surface area contributed by atoms with Gasteiger partial charge in [-0.1, -0.05) is 19.6 Å². The number of hydrogen-bond acceptors (Lipinski definition) is 3. The zero-order valence-corrected chi connectivity index (χ0v) is 19.2. The Morgan fingerprint density at radius 3 is 2.58 bits per heavy atom. The molecule has 1 amide bonds. The van der Waals surface area contributed by atoms with Crippen LogP contribution < -0.4 is 10.2 Å². The maximum absolute atomic E-state index is 14.9. The molecule has 2 fully saturated rings. The summed E-state index contributed by atoms with van der Waals surface area (Å²) in [5.41, 5.74) is 6.36. The molecule has 1 N–H and O–H groups in total. The Labute approximate surface area is 194 Å². The van der Waals surface area contributed by atoms with Gasteiger partial charge in [0.05, 0.1) is 11.2 Å². The van der Waals surface area contributed by atoms with E-state index in [0.717, 1.165) is 48.3 Å². The van der Waals surface area contributed by atoms with Crippen molar-refractivity contribution >= 4 is 22.5 Å². The van der Waals surface area contributed by atoms with E-state index in [9.17, 15) is 9.18 Å². The van der Waals surface area contributed by atoms with Crippen molar-refractivity contribution in [1.29, 1.82) is 0 Å². The van der Waals surface area contributed by atoms with Crippen molar-refractivity contribution in [2.75, 3.05) is 18.0 Å². The van der Waals surface area contributed by atoms with Crippen LogP contribution in [0.4, 0.5) is 10.1 Å². The highest BCUT2D eigenvalue weighted by Gasteiger charge is 2.38. The Hall–Kier alpha value is -3.05. The normalized spacial score (nSPS) is 16.6. The Bertz CT molecular complexity index is 1220. The summed E-state index contributed by atoms with van der Waals surface area (Å²) in [6.45, 7) is 8.13. The number of pyridine rings is 1. The predicted molar refractivity (Wildman–Crippen MR) is 131 cm³/mol. The number of rotatable bonds is 7. The summed E-state index contributed by atoms with van der Waals surface area (Å²) in [5, 5.41) is 4.54. The number of halogens is 1. The third-order valence-electron chi connectivity index (χ3n) is 7.16. The molecular weight excluding hydrogens is 413 g/mol. The largest absolute Gasteiger partial charge is 0.317 e. The maximum Gasteiger partial charge on any atom is 0.279 e. The van der Waals surface area contributed by atoms with Crippen molar-refractivity contribution in [2.45, 2.75) is 45.4 Å². The number of nitrogens with one attached hydrogen (secondary N) is 1. The summed E-state index contributed by atoms with van der Waals surface area (Å²) >= 11 is 0. The lowest BCUT2D eigenvalue weighted by Crippen LogP contribution is -2.27. The molecule has 170 valence electrons. The van der Waals surface area contributed by atoms with Crippen molar-refractivity contribution in [1.82, 2.24) is 10.3 Å². The molecule has 5 rings (SSSR count). The van der Waals surface area contributed by atoms with Gasteiger partial charge in [-0.15, -0.1) is 0 Å². The third-order valence-corrected chi connectivity index (χ3v) is 7.16. The van der Waals surface area contributed by atoms with Crippen LogP contribution in [-0.4, -0.2) is 24.0 Å². The van der Waals surface area contributed by atoms with E-state index in [-0.39, 0.29) is 11.7 Å². The fraction of sp³-hybridized carbons (Fsp3) is 0.357. The number of piperidine rings is 1. The average Bonchev–Trinajstić information content (AvgIpc) is 3.44. The average molecular weight is 444 g/mol. The molecular formula is C28H30FN3O. The quantitative estimate of drug-likeness (QED) is 0.397. The smallest absolute Gasteiger partial charge is 0.279 e. The molecule has 0 saturated carbocycles. The topological polar surface area (TPSA) is 45.0 Å². The van der Waals surface area contributed by atoms with Crippen LogP contribution in [0.15, 0.2) is 54.9 Å². The van der Waals surface area contributed by atoms with Crippen LogP contribution in [-0.2, 0) is 24.1 Å². The molecule has 0 unspecified atom stereocenters. The second-order valence-corrected chi connectivity index (χ2v) is 9.23. The van der Waals surface area contributed by atoms with E-state index in [0.29, 0.717) is 23.4 Å². The molecule has 2 aliphatic heterocycles. The van der Waals surface area contributed by atoms with Gasteiger partial charge >= 0.3 is 0 Å². The van der Waals surface area contributed by atoms with Crippen molar-refractivity contribution in [3.8, 4) is 0 Å². The number of amides is 1. The van der Waals surface area contributed by atoms with Crippen LogP contribution >= 0.6 is 0 Å². The lowest BCUT2D eigenvalue weighted by atomic mass is 9.88. The van der Waals surface area contributed by atoms with E-state index in [1.54, 1.807) is 12.1 Å². The summed E-state index contributed by atoms with van der Waals surface area (Å²) in [5.74, 6) is 0.348. The van der Waals surface area contributed by atoms with Gasteiger partial charge in [-0.05, 0) is 104 Å². The molecule has 33 heavy (non-hydrogen) atoms. The summed E-state index contributed by atoms with van der Waals surface area (Å²) in [7, 11) is 0. The molecule has 0 atom stereocenters. The van der Waals surface area contributed by atoms with Crippen molar-refractivity contribution < 1.29 is 9.18 Å². The van der Waals surface area contributed by atoms with E-state index in [1.165, 1.54) is 41.4 Å². The van der Waals surface area contributed by atoms with Crippen molar-refractivity contribution in [3.63, 3.8) is 0 Å². The van der Waals surface area contributed by atoms with Crippen LogP contribution in [0.1, 0.15) is 48.4 Å². The summed E-state index contributed by atoms with van der Waals surface area (Å²) in [6.07, 6.45) is 8.13. The van der Waals surface area contributed by atoms with Gasteiger partial charge < -0.3 is 5.32 Å². The molecule has 4 nitrogen and oxygen atoms in total. The molecule has 2 aromatic carbocycles. The van der Waals surface area contributed by atoms with Crippen LogP contribution in [0.3, 0.4) is 0 Å². The standard InChI is InChI=1S/C28H30FN3O/c1-3-20-15-25-22(14-23-6-7-24(17-26(23)29)32-18(2)28(32)33)10-13-31-27(25)16-21(20)5-4-19-8-11-30-12-9-19/h6-7,10,13,15-17,19,30H,2-5,8-9,11-12,14H2,1H3. The first-order valence-corrected chi connectivity index (χ1v) is 12.0. The Morgan fingerprint density at radius 2 is 1.88 bits per heavy atom. The molecule has 1 aromatic heterocycles. The van der Waals surface area contributed by atoms with Gasteiger partial charge in [0.1, 0.15) is 11.5 Å². The van der Waals surface area contributed by atoms with E-state index < -0.39 is 0 Å². The van der Waals surface area contributed by atoms with Crippen LogP contribution in [0.2, 0.25) is 0 Å². The number of hydrogen-bond donors (Lipinski definition) is 1. The Balaban J connectivity index is 1.39. The first-order valence-electron chi connectivity index (χ1n) is 12.0. The van der Waals surface area contributed by atoms with E-state index in [4.69, 9.17) is 0 Å². The number of carbonyl (C=O) groups is 1. The van der Waals surface area contributed by atoms with Crippen LogP contribution in [0.5, 0.6) is 0 Å². The fourth-order valence-electron chi connectivity index (χ4n) is 5.06. The van der Waals surface area contributed by atoms with Gasteiger partial charge in [0.2, 0.25) is 0 Å². The molecule has 5 heteroatoms. The lowest BCUT2D eigenvalue weighted by Gasteiger charge is -2.23. The summed E-state index contributed by atoms with van der Waals surface area (Å²) in [4.78, 5) is 17.6. The minimum absolute atomic E-state index is 0.148. The number of benzene rings is 2. The minimum atomic E-state index is -0.306. The highest BCUT2D eigenvalue weighted by molar-refractivity contribution is 6.26. The number of nitrogens with zero attached hydrogens (tertiary/aromatic N) is 2. The van der Waals surface area contributed by atoms with Crippen molar-refractivity contribution in [2.24, 2.45) is 5.92 Å². The van der Waals surface area contributed by atoms with Crippen LogP contribution in [0.25, 0.3) is 10.9 Å². The number of aromatic nitrogens is 1. The van der Waals surface area contributed by atoms with Gasteiger partial charge in [0, 0.05) is 18.0 Å². The van der Waals surface area contributed by atoms with Gasteiger partial charge in [-0.3, -0.25) is 14.7 Å². The molecule has 0 radical (unpaired) electrons. The van der Waals surface area contributed by atoms with Gasteiger partial charge in [-0.25, -0.2) is 4.39 Å². The highest BCUT2D eigenvalue weighted by atomic mass is 19.1. The zero-order chi connectivity index (χ0) is 22.9. The first kappa shape index (κ1) is 21.8. The van der Waals surface area contributed by atoms with Gasteiger partial charge in [-0.2, -0.15) is 0 Å². The van der Waals surface area contributed by atoms with E-state index in [1.807, 2.05) is 12.3 Å². The molecule has 2 saturated heterocycles. The number of fused-ring (bicyclic) bond motifs is 1. The van der Waals surface area contributed by atoms with Gasteiger partial charge in [0.25, 0.3) is 5.91 Å². The third kappa shape index (κ3) is 4.42. The Morgan fingerprint density at radius 1 is 1.09 bits per heavy atom. The zero-order valence-electron chi connectivity index (χ0n) is 19.2. The lowest BCUT2D eigenvalue weighted by molar-refractivity contribution is -0.108. The molecule has 0 bridgehead atoms. The fourth-order valence-corrected chi connectivity index (χ4v) is 5.06. The van der Waals surface area contributed by atoms with Crippen LogP contribution in [0, 0.1) is 11.7 Å². The van der Waals surface area contributed by atoms with Crippen molar-refractivity contribution in [3.05, 3.63) is 82.9 Å². The highest BCUT2D eigenvalue weighted by Crippen LogP contribution is 2.33. The second kappa shape index (κ2) is 9.06.